The van der Waals surface area contributed by atoms with Crippen LogP contribution >= 0.6 is 0 Å². The number of carbonyl (C=O) groups excluding carboxylic acids is 1. The van der Waals surface area contributed by atoms with Crippen molar-refractivity contribution in [2.24, 2.45) is 5.92 Å². The highest BCUT2D eigenvalue weighted by atomic mass is 32.2. The molecule has 0 unspecified atom stereocenters. The summed E-state index contributed by atoms with van der Waals surface area (Å²) in [4.78, 5) is 22.1. The van der Waals surface area contributed by atoms with E-state index in [0.717, 1.165) is 12.0 Å². The SMILES string of the molecule is CCCNC(=O)N(C)C[C@@H]1Oc2cc(-c3cncnc3)ccc2S(=O)(=O)N([C@H](C)CO)C[C@@H]1C. The van der Waals surface area contributed by atoms with E-state index in [4.69, 9.17) is 4.74 Å². The Morgan fingerprint density at radius 3 is 2.68 bits per heavy atom. The van der Waals surface area contributed by atoms with E-state index in [1.807, 2.05) is 13.8 Å². The number of carbonyl (C=O) groups is 1. The molecule has 2 aromatic rings. The maximum Gasteiger partial charge on any atom is 0.317 e. The first-order chi connectivity index (χ1) is 16.2. The van der Waals surface area contributed by atoms with Gasteiger partial charge in [-0.05, 0) is 31.0 Å². The molecule has 0 spiro atoms. The predicted octanol–water partition coefficient (Wildman–Crippen LogP) is 1.96. The van der Waals surface area contributed by atoms with E-state index < -0.39 is 22.2 Å². The first-order valence-electron chi connectivity index (χ1n) is 11.4. The summed E-state index contributed by atoms with van der Waals surface area (Å²) in [6.07, 6.45) is 5.03. The second kappa shape index (κ2) is 11.1. The monoisotopic (exact) mass is 491 g/mol. The van der Waals surface area contributed by atoms with Crippen LogP contribution in [0.2, 0.25) is 0 Å². The summed E-state index contributed by atoms with van der Waals surface area (Å²) in [7, 11) is -2.26. The predicted molar refractivity (Wildman–Crippen MR) is 128 cm³/mol. The molecule has 186 valence electrons. The molecular formula is C23H33N5O5S. The first-order valence-corrected chi connectivity index (χ1v) is 12.8. The number of nitrogens with one attached hydrogen (secondary N) is 1. The second-order valence-corrected chi connectivity index (χ2v) is 10.5. The van der Waals surface area contributed by atoms with E-state index in [1.165, 1.54) is 16.7 Å². The molecule has 2 heterocycles. The minimum absolute atomic E-state index is 0.0170. The molecule has 0 saturated carbocycles. The van der Waals surface area contributed by atoms with Gasteiger partial charge in [-0.25, -0.2) is 23.2 Å². The number of aliphatic hydroxyl groups is 1. The van der Waals surface area contributed by atoms with Crippen LogP contribution in [-0.4, -0.2) is 84.2 Å². The number of hydrogen-bond acceptors (Lipinski definition) is 7. The molecule has 0 fully saturated rings. The topological polar surface area (TPSA) is 125 Å². The third-order valence-electron chi connectivity index (χ3n) is 5.89. The summed E-state index contributed by atoms with van der Waals surface area (Å²) in [6, 6.07) is 4.02. The Kier molecular flexibility index (Phi) is 8.45. The van der Waals surface area contributed by atoms with Gasteiger partial charge in [0.15, 0.2) is 0 Å². The van der Waals surface area contributed by atoms with E-state index in [1.54, 1.807) is 43.4 Å². The van der Waals surface area contributed by atoms with Crippen LogP contribution in [-0.2, 0) is 10.0 Å². The lowest BCUT2D eigenvalue weighted by molar-refractivity contribution is 0.0813. The molecular weight excluding hydrogens is 458 g/mol. The molecule has 1 aromatic heterocycles. The van der Waals surface area contributed by atoms with Crippen molar-refractivity contribution in [1.82, 2.24) is 24.5 Å². The number of rotatable bonds is 7. The van der Waals surface area contributed by atoms with Crippen molar-refractivity contribution in [3.8, 4) is 16.9 Å². The van der Waals surface area contributed by atoms with Crippen molar-refractivity contribution in [1.29, 1.82) is 0 Å². The lowest BCUT2D eigenvalue weighted by Crippen LogP contribution is -2.51. The highest BCUT2D eigenvalue weighted by molar-refractivity contribution is 7.89. The molecule has 3 rings (SSSR count). The fourth-order valence-corrected chi connectivity index (χ4v) is 5.62. The standard InChI is InChI=1S/C23H33N5O5S/c1-5-8-26-23(30)27(4)13-21-16(2)12-28(17(3)14-29)34(31,32)22-7-6-18(9-20(22)33-21)19-10-24-15-25-11-19/h6-7,9-11,15-17,21,29H,5,8,12-14H2,1-4H3,(H,26,30)/t16-,17+,21-/m0/s1. The van der Waals surface area contributed by atoms with Gasteiger partial charge < -0.3 is 20.1 Å². The lowest BCUT2D eigenvalue weighted by atomic mass is 10.0. The summed E-state index contributed by atoms with van der Waals surface area (Å²) >= 11 is 0. The van der Waals surface area contributed by atoms with Crippen LogP contribution in [0.25, 0.3) is 11.1 Å². The molecule has 1 aliphatic heterocycles. The van der Waals surface area contributed by atoms with Crippen LogP contribution in [0.5, 0.6) is 5.75 Å². The number of likely N-dealkylation sites (N-methyl/N-ethyl adjacent to an activating group) is 1. The Morgan fingerprint density at radius 1 is 1.32 bits per heavy atom. The fourth-order valence-electron chi connectivity index (χ4n) is 3.79. The Hall–Kier alpha value is -2.76. The van der Waals surface area contributed by atoms with E-state index >= 15 is 0 Å². The number of benzene rings is 1. The van der Waals surface area contributed by atoms with Gasteiger partial charge in [0.05, 0.1) is 13.2 Å². The van der Waals surface area contributed by atoms with Gasteiger partial charge in [-0.2, -0.15) is 4.31 Å². The zero-order valence-corrected chi connectivity index (χ0v) is 20.8. The van der Waals surface area contributed by atoms with Crippen LogP contribution in [0, 0.1) is 5.92 Å². The van der Waals surface area contributed by atoms with Crippen molar-refractivity contribution < 1.29 is 23.1 Å². The van der Waals surface area contributed by atoms with Crippen molar-refractivity contribution in [3.05, 3.63) is 36.9 Å². The molecule has 34 heavy (non-hydrogen) atoms. The van der Waals surface area contributed by atoms with Gasteiger partial charge in [-0.15, -0.1) is 0 Å². The van der Waals surface area contributed by atoms with Crippen molar-refractivity contribution in [3.63, 3.8) is 0 Å². The molecule has 1 aliphatic rings. The molecule has 0 saturated heterocycles. The maximum atomic E-state index is 13.6. The fraction of sp³-hybridized carbons (Fsp3) is 0.522. The van der Waals surface area contributed by atoms with Gasteiger partial charge in [-0.1, -0.05) is 19.9 Å². The number of amides is 2. The van der Waals surface area contributed by atoms with Gasteiger partial charge in [0, 0.05) is 50.1 Å². The third kappa shape index (κ3) is 5.65. The maximum absolute atomic E-state index is 13.6. The molecule has 2 N–H and O–H groups in total. The summed E-state index contributed by atoms with van der Waals surface area (Å²) in [6.45, 7) is 6.19. The molecule has 2 amide bonds. The molecule has 3 atom stereocenters. The van der Waals surface area contributed by atoms with Crippen LogP contribution in [0.15, 0.2) is 41.8 Å². The van der Waals surface area contributed by atoms with Crippen molar-refractivity contribution >= 4 is 16.1 Å². The van der Waals surface area contributed by atoms with Gasteiger partial charge in [0.25, 0.3) is 0 Å². The minimum Gasteiger partial charge on any atom is -0.487 e. The van der Waals surface area contributed by atoms with Crippen molar-refractivity contribution in [2.45, 2.75) is 44.2 Å². The highest BCUT2D eigenvalue weighted by Crippen LogP contribution is 2.36. The number of urea groups is 1. The number of ether oxygens (including phenoxy) is 1. The molecule has 0 bridgehead atoms. The third-order valence-corrected chi connectivity index (χ3v) is 7.91. The van der Waals surface area contributed by atoms with Gasteiger partial charge >= 0.3 is 6.03 Å². The van der Waals surface area contributed by atoms with Crippen LogP contribution in [0.1, 0.15) is 27.2 Å². The second-order valence-electron chi connectivity index (χ2n) is 8.64. The lowest BCUT2D eigenvalue weighted by Gasteiger charge is -2.37. The molecule has 1 aromatic carbocycles. The number of sulfonamides is 1. The minimum atomic E-state index is -3.94. The Morgan fingerprint density at radius 2 is 2.03 bits per heavy atom. The highest BCUT2D eigenvalue weighted by Gasteiger charge is 2.38. The first kappa shape index (κ1) is 25.9. The summed E-state index contributed by atoms with van der Waals surface area (Å²) in [5.41, 5.74) is 1.42. The summed E-state index contributed by atoms with van der Waals surface area (Å²) in [5, 5.41) is 12.6. The molecule has 0 radical (unpaired) electrons. The Labute approximate surface area is 201 Å². The average Bonchev–Trinajstić information content (AvgIpc) is 2.84. The molecule has 10 nitrogen and oxygen atoms in total. The van der Waals surface area contributed by atoms with Crippen LogP contribution < -0.4 is 10.1 Å². The zero-order valence-electron chi connectivity index (χ0n) is 20.0. The number of hydrogen-bond donors (Lipinski definition) is 2. The Bertz CT molecular complexity index is 1080. The molecule has 0 aliphatic carbocycles. The zero-order chi connectivity index (χ0) is 24.9. The van der Waals surface area contributed by atoms with E-state index in [2.05, 4.69) is 15.3 Å². The van der Waals surface area contributed by atoms with E-state index in [-0.39, 0.29) is 42.3 Å². The van der Waals surface area contributed by atoms with Gasteiger partial charge in [-0.3, -0.25) is 0 Å². The van der Waals surface area contributed by atoms with Gasteiger partial charge in [0.1, 0.15) is 23.1 Å². The van der Waals surface area contributed by atoms with E-state index in [9.17, 15) is 18.3 Å². The van der Waals surface area contributed by atoms with Crippen molar-refractivity contribution in [2.75, 3.05) is 33.3 Å². The number of fused-ring (bicyclic) bond motifs is 1. The van der Waals surface area contributed by atoms with Gasteiger partial charge in [0.2, 0.25) is 10.0 Å². The number of aromatic nitrogens is 2. The Balaban J connectivity index is 2.04. The average molecular weight is 492 g/mol. The summed E-state index contributed by atoms with van der Waals surface area (Å²) < 4.78 is 34.7. The van der Waals surface area contributed by atoms with Crippen LogP contribution in [0.4, 0.5) is 4.79 Å². The quantitative estimate of drug-likeness (QED) is 0.607. The normalized spacial score (nSPS) is 20.9. The van der Waals surface area contributed by atoms with Crippen LogP contribution in [0.3, 0.4) is 0 Å². The molecule has 11 heteroatoms. The summed E-state index contributed by atoms with van der Waals surface area (Å²) in [5.74, 6) is -0.0718. The smallest absolute Gasteiger partial charge is 0.317 e. The largest absolute Gasteiger partial charge is 0.487 e. The van der Waals surface area contributed by atoms with E-state index in [0.29, 0.717) is 12.1 Å². The number of aliphatic hydroxyl groups excluding tert-OH is 1. The number of nitrogens with zero attached hydrogens (tertiary/aromatic N) is 4.